The number of ether oxygens (including phenoxy) is 3. The van der Waals surface area contributed by atoms with Crippen molar-refractivity contribution in [3.8, 4) is 5.75 Å². The van der Waals surface area contributed by atoms with Crippen LogP contribution in [0.1, 0.15) is 62.6 Å². The minimum atomic E-state index is -1.65. The molecule has 2 atom stereocenters. The van der Waals surface area contributed by atoms with Gasteiger partial charge in [-0.1, -0.05) is 120 Å². The second-order valence-electron chi connectivity index (χ2n) is 18.9. The Bertz CT molecular complexity index is 3150. The quantitative estimate of drug-likeness (QED) is 0.0159. The normalized spacial score (nSPS) is 16.0. The Morgan fingerprint density at radius 1 is 0.865 bits per heavy atom. The first kappa shape index (κ1) is 51.8. The van der Waals surface area contributed by atoms with Crippen LogP contribution in [-0.2, 0) is 52.7 Å². The summed E-state index contributed by atoms with van der Waals surface area (Å²) in [6.45, 7) is 8.14. The van der Waals surface area contributed by atoms with Crippen molar-refractivity contribution in [3.05, 3.63) is 178 Å². The van der Waals surface area contributed by atoms with E-state index in [0.29, 0.717) is 28.0 Å². The molecule has 0 bridgehead atoms. The average Bonchev–Trinajstić information content (AvgIpc) is 4.04. The molecule has 9 rings (SSSR count). The highest BCUT2D eigenvalue weighted by Gasteiger charge is 2.55. The number of β-lactam (4-membered cyclic amide) rings is 1. The van der Waals surface area contributed by atoms with Crippen molar-refractivity contribution in [2.45, 2.75) is 73.7 Å². The number of amides is 2. The summed E-state index contributed by atoms with van der Waals surface area (Å²) in [4.78, 5) is 74.0. The molecule has 1 unspecified atom stereocenters. The Hall–Kier alpha value is -7.06. The molecule has 1 fully saturated rings. The Morgan fingerprint density at radius 3 is 2.11 bits per heavy atom. The fraction of sp³-hybridized carbons (Fsp3) is 0.273. The molecular weight excluding hydrogens is 1010 g/mol. The third-order valence-electron chi connectivity index (χ3n) is 12.0. The van der Waals surface area contributed by atoms with Crippen LogP contribution in [0.2, 0.25) is 0 Å². The zero-order valence-electron chi connectivity index (χ0n) is 41.7. The second-order valence-corrected chi connectivity index (χ2v) is 23.1. The monoisotopic (exact) mass is 1070 g/mol. The maximum atomic E-state index is 14.8. The third-order valence-corrected chi connectivity index (χ3v) is 16.4. The number of methoxy groups -OCH3 is 1. The summed E-state index contributed by atoms with van der Waals surface area (Å²) in [5, 5.41) is 12.4. The molecule has 2 aliphatic rings. The Morgan fingerprint density at radius 2 is 1.50 bits per heavy atom. The highest BCUT2D eigenvalue weighted by Crippen LogP contribution is 2.44. The number of esters is 2. The van der Waals surface area contributed by atoms with E-state index in [1.54, 1.807) is 68.9 Å². The van der Waals surface area contributed by atoms with Crippen LogP contribution in [0.5, 0.6) is 5.75 Å². The first-order valence-electron chi connectivity index (χ1n) is 23.6. The van der Waals surface area contributed by atoms with Gasteiger partial charge in [-0.05, 0) is 74.6 Å². The van der Waals surface area contributed by atoms with Gasteiger partial charge in [-0.15, -0.1) is 34.4 Å². The maximum absolute atomic E-state index is 14.8. The second kappa shape index (κ2) is 21.8. The van der Waals surface area contributed by atoms with E-state index in [9.17, 15) is 19.2 Å². The number of aromatic nitrogens is 3. The van der Waals surface area contributed by atoms with Gasteiger partial charge >= 0.3 is 11.9 Å². The number of nitrogens with one attached hydrogen (secondary N) is 2. The molecule has 4 aromatic carbocycles. The van der Waals surface area contributed by atoms with Gasteiger partial charge in [-0.25, -0.2) is 24.1 Å². The minimum absolute atomic E-state index is 0.0469. The van der Waals surface area contributed by atoms with Crippen molar-refractivity contribution in [3.63, 3.8) is 0 Å². The summed E-state index contributed by atoms with van der Waals surface area (Å²) in [6.07, 6.45) is 3.92. The summed E-state index contributed by atoms with van der Waals surface area (Å²) in [5.74, 6) is -1.30. The Kier molecular flexibility index (Phi) is 15.3. The van der Waals surface area contributed by atoms with Crippen molar-refractivity contribution in [1.82, 2.24) is 20.2 Å². The Labute approximate surface area is 445 Å². The molecule has 0 radical (unpaired) electrons. The van der Waals surface area contributed by atoms with E-state index in [2.05, 4.69) is 15.8 Å². The number of anilines is 1. The number of rotatable bonds is 18. The number of nitrogens with zero attached hydrogens (tertiary/aromatic N) is 5. The number of thioether (sulfide) groups is 2. The Balaban J connectivity index is 1.02. The van der Waals surface area contributed by atoms with Crippen molar-refractivity contribution in [2.24, 2.45) is 12.2 Å². The van der Waals surface area contributed by atoms with Gasteiger partial charge in [0.2, 0.25) is 5.60 Å². The van der Waals surface area contributed by atoms with E-state index >= 15 is 0 Å². The molecular formula is C55H54N7O8S4+. The van der Waals surface area contributed by atoms with Crippen molar-refractivity contribution < 1.29 is 42.8 Å². The van der Waals surface area contributed by atoms with Gasteiger partial charge in [0.15, 0.2) is 27.6 Å². The molecule has 2 aliphatic heterocycles. The predicted octanol–water partition coefficient (Wildman–Crippen LogP) is 9.02. The summed E-state index contributed by atoms with van der Waals surface area (Å²) in [5.41, 5.74) is 1.61. The molecule has 2 N–H and O–H groups in total. The van der Waals surface area contributed by atoms with Gasteiger partial charge in [-0.2, -0.15) is 0 Å². The number of oxime groups is 1. The predicted molar refractivity (Wildman–Crippen MR) is 289 cm³/mol. The molecule has 2 amide bonds. The number of pyridine rings is 1. The van der Waals surface area contributed by atoms with Crippen LogP contribution < -0.4 is 19.9 Å². The van der Waals surface area contributed by atoms with Crippen molar-refractivity contribution in [1.29, 1.82) is 0 Å². The number of fused-ring (bicyclic) bond motifs is 2. The highest BCUT2D eigenvalue weighted by atomic mass is 32.2. The lowest BCUT2D eigenvalue weighted by Gasteiger charge is -2.49. The topological polar surface area (TPSA) is 175 Å². The van der Waals surface area contributed by atoms with Gasteiger partial charge in [0, 0.05) is 23.0 Å². The fourth-order valence-corrected chi connectivity index (χ4v) is 12.6. The van der Waals surface area contributed by atoms with Crippen molar-refractivity contribution >= 4 is 91.0 Å². The number of thiazole rings is 2. The molecule has 380 valence electrons. The highest BCUT2D eigenvalue weighted by molar-refractivity contribution is 8.02. The zero-order valence-corrected chi connectivity index (χ0v) is 45.0. The van der Waals surface area contributed by atoms with Crippen molar-refractivity contribution in [2.75, 3.05) is 23.9 Å². The number of carbonyl (C=O) groups is 4. The maximum Gasteiger partial charge on any atom is 0.355 e. The van der Waals surface area contributed by atoms with E-state index in [1.165, 1.54) is 53.6 Å². The van der Waals surface area contributed by atoms with Crippen LogP contribution in [0.4, 0.5) is 5.13 Å². The number of benzene rings is 4. The molecule has 5 heterocycles. The molecule has 0 aliphatic carbocycles. The van der Waals surface area contributed by atoms with Crippen LogP contribution in [0.15, 0.2) is 160 Å². The first-order valence-corrected chi connectivity index (χ1v) is 27.3. The van der Waals surface area contributed by atoms with Crippen LogP contribution in [0, 0.1) is 0 Å². The summed E-state index contributed by atoms with van der Waals surface area (Å²) >= 11 is 5.69. The molecule has 15 nitrogen and oxygen atoms in total. The lowest BCUT2D eigenvalue weighted by molar-refractivity contribution is -0.670. The number of hydrogen-bond donors (Lipinski definition) is 2. The molecule has 7 aromatic rings. The van der Waals surface area contributed by atoms with E-state index in [1.807, 2.05) is 121 Å². The summed E-state index contributed by atoms with van der Waals surface area (Å²) in [7, 11) is 3.51. The van der Waals surface area contributed by atoms with Gasteiger partial charge in [-0.3, -0.25) is 14.5 Å². The van der Waals surface area contributed by atoms with E-state index in [-0.39, 0.29) is 23.7 Å². The van der Waals surface area contributed by atoms with Gasteiger partial charge in [0.25, 0.3) is 11.8 Å². The lowest BCUT2D eigenvalue weighted by atomic mass is 9.77. The average molecular weight is 1070 g/mol. The number of hydrogen-bond acceptors (Lipinski definition) is 16. The lowest BCUT2D eigenvalue weighted by Crippen LogP contribution is -2.71. The summed E-state index contributed by atoms with van der Waals surface area (Å²) < 4.78 is 20.6. The largest absolute Gasteiger partial charge is 0.497 e. The van der Waals surface area contributed by atoms with Crippen LogP contribution in [0.25, 0.3) is 10.2 Å². The minimum Gasteiger partial charge on any atom is -0.497 e. The molecule has 1 saturated heterocycles. The van der Waals surface area contributed by atoms with Crippen LogP contribution in [0.3, 0.4) is 0 Å². The summed E-state index contributed by atoms with van der Waals surface area (Å²) in [6, 6.07) is 38.1. The zero-order chi connectivity index (χ0) is 52.2. The number of aryl methyl sites for hydroxylation is 1. The fourth-order valence-electron chi connectivity index (χ4n) is 8.28. The number of carbonyl (C=O) groups excluding carboxylic acids is 4. The van der Waals surface area contributed by atoms with E-state index < -0.39 is 51.9 Å². The standard InChI is InChI=1S/C55H53N7O8S4/c1-53(2,3)69-50(66)54(4,5)70-60-43(41-33-72-51(56-41)59-55(36-17-11-8-12-18-36,37-19-13-9-14-20-37)38-21-15-10-16-22-38)46(63)58-44-47(64)62-45(49(65)68-30-34-23-25-39(67-7)26-24-34)35(31-71-48(44)62)32-73-52-57-40-29-61(6)28-27-42(40)74-52/h8-29,33,44,48H,30-32H2,1-7H3,(H-,56,58,59,63)/p+1/b60-43-/t44?,48-/m0/s1. The smallest absolute Gasteiger partial charge is 0.355 e. The molecule has 19 heteroatoms. The molecule has 0 saturated carbocycles. The first-order chi connectivity index (χ1) is 35.5. The molecule has 0 spiro atoms. The van der Waals surface area contributed by atoms with Crippen LogP contribution in [-0.4, -0.2) is 85.6 Å². The molecule has 74 heavy (non-hydrogen) atoms. The SMILES string of the molecule is COc1ccc(COC(=O)C2=C(CSc3nc4c[n+](C)ccc4s3)CS[C@H]3C(NC(=O)/C(=N\OC(C)(C)C(=O)OC(C)(C)C)c4csc(NC(c5ccccc5)(c5ccccc5)c5ccccc5)n4)C(=O)N23)cc1. The van der Waals surface area contributed by atoms with Gasteiger partial charge in [0.1, 0.15) is 58.9 Å². The van der Waals surface area contributed by atoms with Crippen LogP contribution >= 0.6 is 46.2 Å². The van der Waals surface area contributed by atoms with E-state index in [4.69, 9.17) is 29.0 Å². The third kappa shape index (κ3) is 11.2. The van der Waals surface area contributed by atoms with E-state index in [0.717, 1.165) is 36.8 Å². The molecule has 3 aromatic heterocycles. The van der Waals surface area contributed by atoms with Gasteiger partial charge in [0.05, 0.1) is 11.8 Å². The van der Waals surface area contributed by atoms with Gasteiger partial charge < -0.3 is 29.7 Å².